The SMILES string of the molecule is O=[N+]([O-])O.c1cc[siH]cc1. The topological polar surface area (TPSA) is 63.4 Å². The first kappa shape index (κ1) is 8.77. The molecule has 0 unspecified atom stereocenters. The van der Waals surface area contributed by atoms with Crippen LogP contribution >= 0.6 is 0 Å². The van der Waals surface area contributed by atoms with Gasteiger partial charge < -0.3 is 5.21 Å². The van der Waals surface area contributed by atoms with E-state index in [1.165, 1.54) is 0 Å². The molecule has 0 aliphatic heterocycles. The third-order valence-electron chi connectivity index (χ3n) is 0.667. The normalized spacial score (nSPS) is 7.20. The Hall–Kier alpha value is -1.23. The maximum atomic E-state index is 8.36. The molecule has 1 aromatic heterocycles. The van der Waals surface area contributed by atoms with Crippen LogP contribution in [0.5, 0.6) is 0 Å². The minimum absolute atomic E-state index is 0.513. The van der Waals surface area contributed by atoms with Gasteiger partial charge in [0.25, 0.3) is 5.09 Å². The summed E-state index contributed by atoms with van der Waals surface area (Å²) < 4.78 is 0. The Morgan fingerprint density at radius 3 is 1.80 bits per heavy atom. The van der Waals surface area contributed by atoms with E-state index >= 15 is 0 Å². The van der Waals surface area contributed by atoms with Crippen molar-refractivity contribution in [2.45, 2.75) is 0 Å². The summed E-state index contributed by atoms with van der Waals surface area (Å²) in [5, 5.41) is 13.6. The highest BCUT2D eigenvalue weighted by Gasteiger charge is 1.65. The molecule has 0 atom stereocenters. The maximum Gasteiger partial charge on any atom is 0.291 e. The monoisotopic (exact) mass is 157 g/mol. The third-order valence-corrected chi connectivity index (χ3v) is 1.56. The lowest BCUT2D eigenvalue weighted by Gasteiger charge is -1.69. The standard InChI is InChI=1S/C5H6Si.HNO3/c1-2-4-6-5-3-1;2-1(3)4/h1-6H;(H,2,3,4). The van der Waals surface area contributed by atoms with Crippen LogP contribution in [0.4, 0.5) is 0 Å². The van der Waals surface area contributed by atoms with E-state index in [1.807, 2.05) is 0 Å². The lowest BCUT2D eigenvalue weighted by atomic mass is 10.6. The van der Waals surface area contributed by atoms with Gasteiger partial charge in [0.1, 0.15) is 0 Å². The van der Waals surface area contributed by atoms with Crippen LogP contribution in [0, 0.1) is 10.1 Å². The van der Waals surface area contributed by atoms with Gasteiger partial charge in [-0.25, -0.2) is 0 Å². The minimum atomic E-state index is -1.50. The van der Waals surface area contributed by atoms with Crippen LogP contribution in [0.25, 0.3) is 0 Å². The van der Waals surface area contributed by atoms with E-state index in [2.05, 4.69) is 29.6 Å². The first-order valence-electron chi connectivity index (χ1n) is 2.57. The Bertz CT molecular complexity index is 149. The van der Waals surface area contributed by atoms with Crippen molar-refractivity contribution in [3.63, 3.8) is 0 Å². The predicted octanol–water partition coefficient (Wildman–Crippen LogP) is 0.409. The van der Waals surface area contributed by atoms with Gasteiger partial charge in [0, 0.05) is 9.12 Å². The number of nitrogens with zero attached hydrogens (tertiary/aromatic N) is 1. The van der Waals surface area contributed by atoms with E-state index in [9.17, 15) is 0 Å². The molecule has 0 saturated carbocycles. The zero-order valence-electron chi connectivity index (χ0n) is 5.18. The molecular formula is C5H7NO3Si. The third kappa shape index (κ3) is 9.90. The van der Waals surface area contributed by atoms with Crippen molar-refractivity contribution < 1.29 is 10.3 Å². The molecular weight excluding hydrogens is 150 g/mol. The van der Waals surface area contributed by atoms with Gasteiger partial charge >= 0.3 is 0 Å². The van der Waals surface area contributed by atoms with E-state index in [4.69, 9.17) is 15.3 Å². The fourth-order valence-electron chi connectivity index (χ4n) is 0.385. The van der Waals surface area contributed by atoms with E-state index in [1.54, 1.807) is 0 Å². The molecule has 1 heterocycles. The molecule has 0 aliphatic carbocycles. The van der Waals surface area contributed by atoms with Gasteiger partial charge in [0.05, 0.1) is 0 Å². The van der Waals surface area contributed by atoms with Crippen LogP contribution in [0.3, 0.4) is 0 Å². The molecule has 0 radical (unpaired) electrons. The average molecular weight is 157 g/mol. The highest BCUT2D eigenvalue weighted by Crippen LogP contribution is 1.73. The summed E-state index contributed by atoms with van der Waals surface area (Å²) in [5.74, 6) is 0. The van der Waals surface area contributed by atoms with Crippen molar-refractivity contribution in [2.24, 2.45) is 0 Å². The number of hydrogen-bond donors (Lipinski definition) is 1. The fourth-order valence-corrected chi connectivity index (χ4v) is 1.03. The predicted molar refractivity (Wildman–Crippen MR) is 38.0 cm³/mol. The molecule has 0 bridgehead atoms. The van der Waals surface area contributed by atoms with Gasteiger partial charge in [-0.2, -0.15) is 0 Å². The average Bonchev–Trinajstić information content (AvgIpc) is 1.90. The Morgan fingerprint density at radius 1 is 1.30 bits per heavy atom. The van der Waals surface area contributed by atoms with Crippen molar-refractivity contribution in [3.05, 3.63) is 39.7 Å². The first-order valence-corrected chi connectivity index (χ1v) is 3.90. The summed E-state index contributed by atoms with van der Waals surface area (Å²) in [7, 11) is 0.513. The molecule has 5 heteroatoms. The second-order valence-electron chi connectivity index (χ2n) is 1.39. The van der Waals surface area contributed by atoms with E-state index in [0.717, 1.165) is 0 Å². The van der Waals surface area contributed by atoms with Gasteiger partial charge in [0.15, 0.2) is 0 Å². The molecule has 10 heavy (non-hydrogen) atoms. The van der Waals surface area contributed by atoms with Crippen molar-refractivity contribution in [2.75, 3.05) is 0 Å². The summed E-state index contributed by atoms with van der Waals surface area (Å²) in [6.45, 7) is 0. The van der Waals surface area contributed by atoms with Crippen LogP contribution < -0.4 is 0 Å². The molecule has 0 fully saturated rings. The molecule has 54 valence electrons. The first-order chi connectivity index (χ1) is 4.73. The van der Waals surface area contributed by atoms with Crippen molar-refractivity contribution >= 4 is 9.12 Å². The van der Waals surface area contributed by atoms with Gasteiger partial charge in [-0.3, -0.25) is 0 Å². The number of rotatable bonds is 0. The van der Waals surface area contributed by atoms with E-state index in [-0.39, 0.29) is 0 Å². The van der Waals surface area contributed by atoms with E-state index < -0.39 is 5.09 Å². The molecule has 0 saturated heterocycles. The largest absolute Gasteiger partial charge is 0.328 e. The lowest BCUT2D eigenvalue weighted by molar-refractivity contribution is -0.742. The van der Waals surface area contributed by atoms with Crippen LogP contribution in [0.15, 0.2) is 29.6 Å². The zero-order chi connectivity index (χ0) is 7.82. The summed E-state index contributed by atoms with van der Waals surface area (Å²) in [6.07, 6.45) is 0. The Labute approximate surface area is 60.0 Å². The van der Waals surface area contributed by atoms with Crippen molar-refractivity contribution in [1.29, 1.82) is 0 Å². The molecule has 0 aromatic carbocycles. The zero-order valence-corrected chi connectivity index (χ0v) is 6.33. The fraction of sp³-hybridized carbons (Fsp3) is 0. The Kier molecular flexibility index (Phi) is 5.17. The van der Waals surface area contributed by atoms with Crippen molar-refractivity contribution in [1.82, 2.24) is 0 Å². The van der Waals surface area contributed by atoms with Crippen LogP contribution in [-0.4, -0.2) is 19.4 Å². The highest BCUT2D eigenvalue weighted by molar-refractivity contribution is 6.26. The molecule has 1 aromatic rings. The summed E-state index contributed by atoms with van der Waals surface area (Å²) >= 11 is 0. The van der Waals surface area contributed by atoms with Crippen LogP contribution in [-0.2, 0) is 0 Å². The summed E-state index contributed by atoms with van der Waals surface area (Å²) in [4.78, 5) is 8.36. The van der Waals surface area contributed by atoms with Crippen LogP contribution in [0.2, 0.25) is 0 Å². The van der Waals surface area contributed by atoms with Crippen molar-refractivity contribution in [3.8, 4) is 0 Å². The molecule has 1 N–H and O–H groups in total. The molecule has 4 nitrogen and oxygen atoms in total. The molecule has 1 rings (SSSR count). The smallest absolute Gasteiger partial charge is 0.291 e. The minimum Gasteiger partial charge on any atom is -0.328 e. The Morgan fingerprint density at radius 2 is 1.70 bits per heavy atom. The van der Waals surface area contributed by atoms with Crippen LogP contribution in [0.1, 0.15) is 0 Å². The molecule has 0 aliphatic rings. The molecule has 0 spiro atoms. The second-order valence-corrected chi connectivity index (χ2v) is 2.55. The second kappa shape index (κ2) is 5.90. The quantitative estimate of drug-likeness (QED) is 0.337. The maximum absolute atomic E-state index is 8.36. The molecule has 0 amide bonds. The van der Waals surface area contributed by atoms with Gasteiger partial charge in [0.2, 0.25) is 0 Å². The van der Waals surface area contributed by atoms with Gasteiger partial charge in [-0.15, -0.1) is 10.1 Å². The highest BCUT2D eigenvalue weighted by atomic mass is 28.2. The Balaban J connectivity index is 0.000000180. The number of hydrogen-bond acceptors (Lipinski definition) is 2. The summed E-state index contributed by atoms with van der Waals surface area (Å²) in [6, 6.07) is 6.24. The van der Waals surface area contributed by atoms with E-state index in [0.29, 0.717) is 9.12 Å². The van der Waals surface area contributed by atoms with Gasteiger partial charge in [-0.1, -0.05) is 29.6 Å². The summed E-state index contributed by atoms with van der Waals surface area (Å²) in [5.41, 5.74) is 4.42. The lowest BCUT2D eigenvalue weighted by Crippen LogP contribution is -1.81. The van der Waals surface area contributed by atoms with Gasteiger partial charge in [-0.05, 0) is 0 Å².